The molecule has 1 fully saturated rings. The number of benzene rings is 1. The zero-order chi connectivity index (χ0) is 13.0. The van der Waals surface area contributed by atoms with Gasteiger partial charge in [0.25, 0.3) is 0 Å². The molecule has 0 spiro atoms. The number of nitrogens with zero attached hydrogens (tertiary/aromatic N) is 1. The van der Waals surface area contributed by atoms with E-state index in [1.165, 1.54) is 5.56 Å². The SMILES string of the molecule is CC(N)C(=O)N1CCNCC1Cc1ccccc1. The first-order valence-corrected chi connectivity index (χ1v) is 6.49. The molecule has 18 heavy (non-hydrogen) atoms. The van der Waals surface area contributed by atoms with E-state index in [4.69, 9.17) is 5.73 Å². The largest absolute Gasteiger partial charge is 0.335 e. The number of carbonyl (C=O) groups excluding carboxylic acids is 1. The maximum atomic E-state index is 12.1. The fourth-order valence-electron chi connectivity index (χ4n) is 2.38. The molecule has 0 aliphatic carbocycles. The van der Waals surface area contributed by atoms with E-state index in [9.17, 15) is 4.79 Å². The van der Waals surface area contributed by atoms with Crippen molar-refractivity contribution in [3.05, 3.63) is 35.9 Å². The van der Waals surface area contributed by atoms with Gasteiger partial charge in [0, 0.05) is 25.7 Å². The van der Waals surface area contributed by atoms with Crippen LogP contribution in [-0.2, 0) is 11.2 Å². The minimum Gasteiger partial charge on any atom is -0.335 e. The minimum absolute atomic E-state index is 0.0532. The number of nitrogens with two attached hydrogens (primary N) is 1. The molecule has 1 aromatic carbocycles. The number of hydrogen-bond acceptors (Lipinski definition) is 3. The monoisotopic (exact) mass is 247 g/mol. The van der Waals surface area contributed by atoms with Crippen molar-refractivity contribution in [3.63, 3.8) is 0 Å². The molecule has 2 atom stereocenters. The van der Waals surface area contributed by atoms with Gasteiger partial charge in [0.1, 0.15) is 0 Å². The third-order valence-corrected chi connectivity index (χ3v) is 3.34. The van der Waals surface area contributed by atoms with E-state index in [1.807, 2.05) is 23.1 Å². The maximum Gasteiger partial charge on any atom is 0.239 e. The van der Waals surface area contributed by atoms with Crippen LogP contribution in [0.3, 0.4) is 0 Å². The Kier molecular flexibility index (Phi) is 4.33. The van der Waals surface area contributed by atoms with Crippen LogP contribution in [0.25, 0.3) is 0 Å². The Bertz CT molecular complexity index is 391. The Morgan fingerprint density at radius 1 is 1.50 bits per heavy atom. The molecule has 0 bridgehead atoms. The molecule has 0 aromatic heterocycles. The zero-order valence-corrected chi connectivity index (χ0v) is 10.8. The van der Waals surface area contributed by atoms with Gasteiger partial charge in [-0.05, 0) is 18.9 Å². The number of piperazine rings is 1. The smallest absolute Gasteiger partial charge is 0.239 e. The fourth-order valence-corrected chi connectivity index (χ4v) is 2.38. The molecule has 98 valence electrons. The molecule has 2 rings (SSSR count). The van der Waals surface area contributed by atoms with E-state index in [0.29, 0.717) is 0 Å². The summed E-state index contributed by atoms with van der Waals surface area (Å²) in [6, 6.07) is 10.1. The topological polar surface area (TPSA) is 58.4 Å². The van der Waals surface area contributed by atoms with E-state index in [2.05, 4.69) is 17.4 Å². The lowest BCUT2D eigenvalue weighted by molar-refractivity contribution is -0.135. The summed E-state index contributed by atoms with van der Waals surface area (Å²) in [5.41, 5.74) is 6.97. The molecule has 1 aliphatic heterocycles. The summed E-state index contributed by atoms with van der Waals surface area (Å²) < 4.78 is 0. The van der Waals surface area contributed by atoms with Crippen LogP contribution in [0.2, 0.25) is 0 Å². The van der Waals surface area contributed by atoms with Gasteiger partial charge in [0.05, 0.1) is 6.04 Å². The Hall–Kier alpha value is -1.39. The standard InChI is InChI=1S/C14H21N3O/c1-11(15)14(18)17-8-7-16-10-13(17)9-12-5-3-2-4-6-12/h2-6,11,13,16H,7-10,15H2,1H3. The Balaban J connectivity index is 2.06. The number of amides is 1. The summed E-state index contributed by atoms with van der Waals surface area (Å²) in [6.45, 7) is 4.19. The summed E-state index contributed by atoms with van der Waals surface area (Å²) in [4.78, 5) is 14.0. The average molecular weight is 247 g/mol. The van der Waals surface area contributed by atoms with Gasteiger partial charge in [-0.25, -0.2) is 0 Å². The van der Waals surface area contributed by atoms with Crippen molar-refractivity contribution in [3.8, 4) is 0 Å². The highest BCUT2D eigenvalue weighted by Crippen LogP contribution is 2.12. The van der Waals surface area contributed by atoms with Gasteiger partial charge in [-0.15, -0.1) is 0 Å². The molecule has 1 aliphatic rings. The van der Waals surface area contributed by atoms with Crippen molar-refractivity contribution in [1.82, 2.24) is 10.2 Å². The van der Waals surface area contributed by atoms with Gasteiger partial charge in [0.15, 0.2) is 0 Å². The average Bonchev–Trinajstić information content (AvgIpc) is 2.39. The Morgan fingerprint density at radius 2 is 2.22 bits per heavy atom. The van der Waals surface area contributed by atoms with Crippen molar-refractivity contribution >= 4 is 5.91 Å². The van der Waals surface area contributed by atoms with E-state index in [-0.39, 0.29) is 11.9 Å². The molecular weight excluding hydrogens is 226 g/mol. The van der Waals surface area contributed by atoms with Gasteiger partial charge < -0.3 is 16.0 Å². The molecule has 0 saturated carbocycles. The van der Waals surface area contributed by atoms with Gasteiger partial charge in [-0.2, -0.15) is 0 Å². The second kappa shape index (κ2) is 5.98. The van der Waals surface area contributed by atoms with Crippen LogP contribution in [0.5, 0.6) is 0 Å². The number of hydrogen-bond donors (Lipinski definition) is 2. The van der Waals surface area contributed by atoms with Crippen LogP contribution >= 0.6 is 0 Å². The van der Waals surface area contributed by atoms with Gasteiger partial charge >= 0.3 is 0 Å². The van der Waals surface area contributed by atoms with Crippen LogP contribution < -0.4 is 11.1 Å². The fraction of sp³-hybridized carbons (Fsp3) is 0.500. The predicted molar refractivity (Wildman–Crippen MR) is 72.2 cm³/mol. The van der Waals surface area contributed by atoms with E-state index in [1.54, 1.807) is 6.92 Å². The van der Waals surface area contributed by atoms with Crippen LogP contribution in [-0.4, -0.2) is 42.5 Å². The predicted octanol–water partition coefficient (Wildman–Crippen LogP) is 0.377. The molecule has 1 amide bonds. The van der Waals surface area contributed by atoms with Crippen LogP contribution in [0.4, 0.5) is 0 Å². The van der Waals surface area contributed by atoms with Gasteiger partial charge in [-0.1, -0.05) is 30.3 Å². The summed E-state index contributed by atoms with van der Waals surface area (Å²) in [5.74, 6) is 0.0532. The zero-order valence-electron chi connectivity index (χ0n) is 10.8. The molecule has 1 aromatic rings. The van der Waals surface area contributed by atoms with Crippen LogP contribution in [0.1, 0.15) is 12.5 Å². The first kappa shape index (κ1) is 13.1. The Labute approximate surface area is 108 Å². The summed E-state index contributed by atoms with van der Waals surface area (Å²) >= 11 is 0. The second-order valence-corrected chi connectivity index (χ2v) is 4.87. The highest BCUT2D eigenvalue weighted by atomic mass is 16.2. The van der Waals surface area contributed by atoms with Crippen molar-refractivity contribution in [2.75, 3.05) is 19.6 Å². The lowest BCUT2D eigenvalue weighted by Crippen LogP contribution is -2.57. The van der Waals surface area contributed by atoms with E-state index >= 15 is 0 Å². The highest BCUT2D eigenvalue weighted by molar-refractivity contribution is 5.81. The molecule has 1 saturated heterocycles. The van der Waals surface area contributed by atoms with Crippen molar-refractivity contribution in [1.29, 1.82) is 0 Å². The van der Waals surface area contributed by atoms with Crippen molar-refractivity contribution in [2.24, 2.45) is 5.73 Å². The molecule has 1 heterocycles. The van der Waals surface area contributed by atoms with Crippen molar-refractivity contribution < 1.29 is 4.79 Å². The lowest BCUT2D eigenvalue weighted by atomic mass is 10.0. The van der Waals surface area contributed by atoms with Crippen LogP contribution in [0.15, 0.2) is 30.3 Å². The molecular formula is C14H21N3O. The number of rotatable bonds is 3. The minimum atomic E-state index is -0.415. The Morgan fingerprint density at radius 3 is 2.89 bits per heavy atom. The first-order valence-electron chi connectivity index (χ1n) is 6.49. The third-order valence-electron chi connectivity index (χ3n) is 3.34. The van der Waals surface area contributed by atoms with E-state index < -0.39 is 6.04 Å². The number of carbonyl (C=O) groups is 1. The summed E-state index contributed by atoms with van der Waals surface area (Å²) in [7, 11) is 0. The van der Waals surface area contributed by atoms with Crippen molar-refractivity contribution in [2.45, 2.75) is 25.4 Å². The maximum absolute atomic E-state index is 12.1. The quantitative estimate of drug-likeness (QED) is 0.811. The summed E-state index contributed by atoms with van der Waals surface area (Å²) in [5, 5.41) is 3.34. The first-order chi connectivity index (χ1) is 8.68. The van der Waals surface area contributed by atoms with E-state index in [0.717, 1.165) is 26.1 Å². The highest BCUT2D eigenvalue weighted by Gasteiger charge is 2.28. The second-order valence-electron chi connectivity index (χ2n) is 4.87. The normalized spacial score (nSPS) is 21.7. The molecule has 2 unspecified atom stereocenters. The van der Waals surface area contributed by atoms with Crippen LogP contribution in [0, 0.1) is 0 Å². The van der Waals surface area contributed by atoms with Gasteiger partial charge in [-0.3, -0.25) is 4.79 Å². The molecule has 0 radical (unpaired) electrons. The summed E-state index contributed by atoms with van der Waals surface area (Å²) in [6.07, 6.45) is 0.881. The van der Waals surface area contributed by atoms with Gasteiger partial charge in [0.2, 0.25) is 5.91 Å². The lowest BCUT2D eigenvalue weighted by Gasteiger charge is -2.37. The molecule has 4 heteroatoms. The molecule has 3 N–H and O–H groups in total. The third kappa shape index (κ3) is 3.09. The number of nitrogens with one attached hydrogen (secondary N) is 1. The molecule has 4 nitrogen and oxygen atoms in total.